The first-order valence-electron chi connectivity index (χ1n) is 11.3. The molecule has 154 valence electrons. The molecule has 0 radical (unpaired) electrons. The van der Waals surface area contributed by atoms with Crippen molar-refractivity contribution in [3.8, 4) is 11.1 Å². The summed E-state index contributed by atoms with van der Waals surface area (Å²) in [5.41, 5.74) is 7.05. The number of nitrogens with zero attached hydrogens (tertiary/aromatic N) is 1. The number of halogens is 1. The highest BCUT2D eigenvalue weighted by Gasteiger charge is 2.45. The van der Waals surface area contributed by atoms with E-state index in [0.29, 0.717) is 11.3 Å². The van der Waals surface area contributed by atoms with Crippen molar-refractivity contribution in [2.75, 3.05) is 19.6 Å². The first-order chi connectivity index (χ1) is 14.6. The van der Waals surface area contributed by atoms with Gasteiger partial charge < -0.3 is 4.90 Å². The number of hydrogen-bond acceptors (Lipinski definition) is 1. The van der Waals surface area contributed by atoms with Gasteiger partial charge in [0.25, 0.3) is 0 Å². The summed E-state index contributed by atoms with van der Waals surface area (Å²) in [5, 5.41) is 0. The minimum atomic E-state index is -0.181. The second-order valence-electron chi connectivity index (χ2n) is 9.28. The fourth-order valence-electron chi connectivity index (χ4n) is 5.27. The molecule has 5 rings (SSSR count). The van der Waals surface area contributed by atoms with E-state index in [9.17, 15) is 4.39 Å². The molecule has 1 heterocycles. The van der Waals surface area contributed by atoms with E-state index in [2.05, 4.69) is 60.4 Å². The Bertz CT molecular complexity index is 997. The summed E-state index contributed by atoms with van der Waals surface area (Å²) in [7, 11) is 0. The van der Waals surface area contributed by atoms with Crippen LogP contribution >= 0.6 is 0 Å². The van der Waals surface area contributed by atoms with Gasteiger partial charge in [0.2, 0.25) is 0 Å². The Kier molecular flexibility index (Phi) is 5.20. The van der Waals surface area contributed by atoms with Crippen molar-refractivity contribution in [1.29, 1.82) is 0 Å². The lowest BCUT2D eigenvalue weighted by Crippen LogP contribution is -2.38. The zero-order chi connectivity index (χ0) is 20.6. The van der Waals surface area contributed by atoms with E-state index in [0.717, 1.165) is 5.56 Å². The molecule has 3 aromatic rings. The lowest BCUT2D eigenvalue weighted by molar-refractivity contribution is 0.195. The summed E-state index contributed by atoms with van der Waals surface area (Å²) in [4.78, 5) is 2.69. The van der Waals surface area contributed by atoms with Crippen LogP contribution in [0.5, 0.6) is 0 Å². The molecule has 0 aromatic heterocycles. The molecular weight excluding hydrogens is 369 g/mol. The molecule has 2 heteroatoms. The summed E-state index contributed by atoms with van der Waals surface area (Å²) in [6.07, 6.45) is 5.14. The number of piperidine rings is 1. The van der Waals surface area contributed by atoms with E-state index in [4.69, 9.17) is 0 Å². The Balaban J connectivity index is 1.23. The molecule has 0 amide bonds. The van der Waals surface area contributed by atoms with E-state index in [-0.39, 0.29) is 5.82 Å². The molecule has 1 aliphatic carbocycles. The zero-order valence-corrected chi connectivity index (χ0v) is 17.8. The van der Waals surface area contributed by atoms with Gasteiger partial charge in [0, 0.05) is 12.0 Å². The molecule has 30 heavy (non-hydrogen) atoms. The van der Waals surface area contributed by atoms with Crippen LogP contribution in [-0.4, -0.2) is 24.5 Å². The molecule has 0 N–H and O–H groups in total. The summed E-state index contributed by atoms with van der Waals surface area (Å²) in [5.74, 6) is 0.467. The maximum atomic E-state index is 13.2. The largest absolute Gasteiger partial charge is 0.302 e. The fraction of sp³-hybridized carbons (Fsp3) is 0.357. The van der Waals surface area contributed by atoms with Crippen molar-refractivity contribution in [3.63, 3.8) is 0 Å². The molecule has 0 bridgehead atoms. The van der Waals surface area contributed by atoms with Crippen molar-refractivity contribution in [2.24, 2.45) is 0 Å². The highest BCUT2D eigenvalue weighted by Crippen LogP contribution is 2.49. The van der Waals surface area contributed by atoms with Crippen molar-refractivity contribution >= 4 is 0 Å². The Morgan fingerprint density at radius 2 is 1.53 bits per heavy atom. The van der Waals surface area contributed by atoms with E-state index in [1.54, 1.807) is 0 Å². The van der Waals surface area contributed by atoms with Crippen LogP contribution in [-0.2, 0) is 5.41 Å². The second-order valence-corrected chi connectivity index (χ2v) is 9.28. The molecule has 3 aromatic carbocycles. The van der Waals surface area contributed by atoms with Gasteiger partial charge in [-0.25, -0.2) is 4.39 Å². The van der Waals surface area contributed by atoms with Gasteiger partial charge in [0.1, 0.15) is 5.82 Å². The summed E-state index contributed by atoms with van der Waals surface area (Å²) in [6, 6.07) is 24.7. The van der Waals surface area contributed by atoms with E-state index >= 15 is 0 Å². The smallest absolute Gasteiger partial charge is 0.123 e. The summed E-state index contributed by atoms with van der Waals surface area (Å²) in [6.45, 7) is 5.83. The normalized spacial score (nSPS) is 19.0. The summed E-state index contributed by atoms with van der Waals surface area (Å²) < 4.78 is 13.2. The molecule has 1 nitrogen and oxygen atoms in total. The first-order valence-corrected chi connectivity index (χ1v) is 11.3. The molecule has 0 atom stereocenters. The van der Waals surface area contributed by atoms with E-state index in [1.165, 1.54) is 79.7 Å². The highest BCUT2D eigenvalue weighted by atomic mass is 19.1. The van der Waals surface area contributed by atoms with Crippen LogP contribution in [0.25, 0.3) is 11.1 Å². The van der Waals surface area contributed by atoms with Crippen molar-refractivity contribution in [1.82, 2.24) is 4.90 Å². The topological polar surface area (TPSA) is 3.24 Å². The van der Waals surface area contributed by atoms with Gasteiger partial charge in [-0.15, -0.1) is 0 Å². The number of likely N-dealkylation sites (tertiary alicyclic amines) is 1. The van der Waals surface area contributed by atoms with Crippen LogP contribution < -0.4 is 0 Å². The van der Waals surface area contributed by atoms with Crippen molar-refractivity contribution < 1.29 is 4.39 Å². The third-order valence-electron chi connectivity index (χ3n) is 7.24. The Morgan fingerprint density at radius 1 is 0.867 bits per heavy atom. The van der Waals surface area contributed by atoms with Gasteiger partial charge in [-0.3, -0.25) is 0 Å². The fourth-order valence-corrected chi connectivity index (χ4v) is 5.27. The molecular formula is C28H30FN. The highest BCUT2D eigenvalue weighted by molar-refractivity contribution is 5.65. The van der Waals surface area contributed by atoms with Crippen LogP contribution in [0.15, 0.2) is 72.8 Å². The molecule has 1 saturated heterocycles. The minimum Gasteiger partial charge on any atom is -0.302 e. The van der Waals surface area contributed by atoms with Crippen molar-refractivity contribution in [3.05, 3.63) is 95.3 Å². The predicted molar refractivity (Wildman–Crippen MR) is 122 cm³/mol. The molecule has 1 aliphatic heterocycles. The van der Waals surface area contributed by atoms with Gasteiger partial charge in [0.05, 0.1) is 0 Å². The quantitative estimate of drug-likeness (QED) is 0.461. The van der Waals surface area contributed by atoms with Gasteiger partial charge in [-0.1, -0.05) is 60.7 Å². The Hall–Kier alpha value is -2.45. The molecule has 2 fully saturated rings. The molecule has 1 saturated carbocycles. The zero-order valence-electron chi connectivity index (χ0n) is 17.8. The molecule has 0 spiro atoms. The number of hydrogen-bond donors (Lipinski definition) is 0. The van der Waals surface area contributed by atoms with Gasteiger partial charge >= 0.3 is 0 Å². The predicted octanol–water partition coefficient (Wildman–Crippen LogP) is 6.71. The number of benzene rings is 3. The lowest BCUT2D eigenvalue weighted by atomic mass is 9.85. The van der Waals surface area contributed by atoms with Gasteiger partial charge in [-0.05, 0) is 91.6 Å². The van der Waals surface area contributed by atoms with E-state index in [1.807, 2.05) is 12.1 Å². The Morgan fingerprint density at radius 3 is 2.17 bits per heavy atom. The lowest BCUT2D eigenvalue weighted by Gasteiger charge is -2.35. The van der Waals surface area contributed by atoms with Crippen LogP contribution in [0.1, 0.15) is 48.3 Å². The first kappa shape index (κ1) is 19.5. The monoisotopic (exact) mass is 399 g/mol. The standard InChI is InChI=1S/C28H30FN/c1-21-19-24(22-7-10-26(29)11-8-22)9-12-27(21)23-13-17-30(18-14-23)20-28(15-16-28)25-5-3-2-4-6-25/h2-12,19,23H,13-18,20H2,1H3. The Labute approximate surface area is 179 Å². The summed E-state index contributed by atoms with van der Waals surface area (Å²) >= 11 is 0. The van der Waals surface area contributed by atoms with E-state index < -0.39 is 0 Å². The van der Waals surface area contributed by atoms with Gasteiger partial charge in [0.15, 0.2) is 0 Å². The third kappa shape index (κ3) is 3.94. The maximum absolute atomic E-state index is 13.2. The third-order valence-corrected chi connectivity index (χ3v) is 7.24. The molecule has 2 aliphatic rings. The number of aryl methyl sites for hydroxylation is 1. The maximum Gasteiger partial charge on any atom is 0.123 e. The average molecular weight is 400 g/mol. The SMILES string of the molecule is Cc1cc(-c2ccc(F)cc2)ccc1C1CCN(CC2(c3ccccc3)CC2)CC1. The number of rotatable bonds is 5. The second kappa shape index (κ2) is 8.00. The van der Waals surface area contributed by atoms with Crippen LogP contribution in [0, 0.1) is 12.7 Å². The minimum absolute atomic E-state index is 0.181. The van der Waals surface area contributed by atoms with Crippen LogP contribution in [0.3, 0.4) is 0 Å². The van der Waals surface area contributed by atoms with Crippen molar-refractivity contribution in [2.45, 2.75) is 43.9 Å². The molecule has 0 unspecified atom stereocenters. The average Bonchev–Trinajstić information content (AvgIpc) is 3.56. The van der Waals surface area contributed by atoms with Crippen LogP contribution in [0.2, 0.25) is 0 Å². The van der Waals surface area contributed by atoms with Crippen LogP contribution in [0.4, 0.5) is 4.39 Å². The van der Waals surface area contributed by atoms with Gasteiger partial charge in [-0.2, -0.15) is 0 Å².